The minimum absolute atomic E-state index is 0.0900. The van der Waals surface area contributed by atoms with Gasteiger partial charge in [0.2, 0.25) is 0 Å². The van der Waals surface area contributed by atoms with Gasteiger partial charge in [0.1, 0.15) is 11.5 Å². The summed E-state index contributed by atoms with van der Waals surface area (Å²) in [5, 5.41) is 72.5. The van der Waals surface area contributed by atoms with Crippen LogP contribution in [0, 0.1) is 11.8 Å². The molecule has 2 saturated heterocycles. The van der Waals surface area contributed by atoms with E-state index < -0.39 is 36.4 Å². The zero-order chi connectivity index (χ0) is 42.2. The van der Waals surface area contributed by atoms with Gasteiger partial charge in [-0.2, -0.15) is 0 Å². The number of piperidine rings is 2. The fraction of sp³-hybridized carbons (Fsp3) is 0.435. The van der Waals surface area contributed by atoms with E-state index in [0.717, 1.165) is 62.0 Å². The van der Waals surface area contributed by atoms with E-state index in [4.69, 9.17) is 20.4 Å². The molecule has 12 nitrogen and oxygen atoms in total. The highest BCUT2D eigenvalue weighted by atomic mass is 16.4. The Kier molecular flexibility index (Phi) is 18.1. The number of carboxylic acid groups (broad SMARTS) is 2. The average Bonchev–Trinajstić information content (AvgIpc) is 3.24. The maximum absolute atomic E-state index is 10.6. The van der Waals surface area contributed by atoms with Crippen LogP contribution in [0.15, 0.2) is 109 Å². The molecule has 0 aliphatic carbocycles. The Bertz CT molecular complexity index is 1650. The van der Waals surface area contributed by atoms with E-state index in [1.165, 1.54) is 36.8 Å². The number of phenolic OH excluding ortho intramolecular Hbond substituents is 2. The molecule has 4 aromatic carbocycles. The highest BCUT2D eigenvalue weighted by Gasteiger charge is 2.30. The lowest BCUT2D eigenvalue weighted by atomic mass is 9.89. The molecule has 0 bridgehead atoms. The Morgan fingerprint density at radius 1 is 0.517 bits per heavy atom. The first-order chi connectivity index (χ1) is 27.7. The van der Waals surface area contributed by atoms with Gasteiger partial charge in [0.25, 0.3) is 0 Å². The number of aliphatic carboxylic acids is 2. The number of carboxylic acids is 2. The highest BCUT2D eigenvalue weighted by molar-refractivity contribution is 5.83. The van der Waals surface area contributed by atoms with Crippen molar-refractivity contribution in [2.45, 2.75) is 88.9 Å². The molecule has 2 fully saturated rings. The van der Waals surface area contributed by atoms with Crippen LogP contribution < -0.4 is 0 Å². The highest BCUT2D eigenvalue weighted by Crippen LogP contribution is 2.30. The Balaban J connectivity index is 0.000000209. The van der Waals surface area contributed by atoms with Crippen LogP contribution in [0.25, 0.3) is 0 Å². The van der Waals surface area contributed by atoms with Crippen LogP contribution in [0.4, 0.5) is 0 Å². The van der Waals surface area contributed by atoms with Gasteiger partial charge >= 0.3 is 11.9 Å². The minimum Gasteiger partial charge on any atom is -0.508 e. The van der Waals surface area contributed by atoms with Crippen molar-refractivity contribution < 1.29 is 50.4 Å². The molecule has 2 unspecified atom stereocenters. The summed E-state index contributed by atoms with van der Waals surface area (Å²) in [7, 11) is 0. The minimum atomic E-state index is -2.27. The zero-order valence-corrected chi connectivity index (χ0v) is 33.4. The van der Waals surface area contributed by atoms with Crippen molar-refractivity contribution in [3.05, 3.63) is 131 Å². The maximum Gasteiger partial charge on any atom is 0.335 e. The van der Waals surface area contributed by atoms with Gasteiger partial charge in [0, 0.05) is 12.1 Å². The lowest BCUT2D eigenvalue weighted by molar-refractivity contribution is -0.165. The molecule has 0 radical (unpaired) electrons. The Hall–Kier alpha value is -4.82. The normalized spacial score (nSPS) is 18.5. The smallest absolute Gasteiger partial charge is 0.335 e. The molecule has 58 heavy (non-hydrogen) atoms. The molecule has 8 N–H and O–H groups in total. The van der Waals surface area contributed by atoms with Crippen LogP contribution in [-0.2, 0) is 22.4 Å². The van der Waals surface area contributed by atoms with E-state index in [9.17, 15) is 30.0 Å². The molecule has 0 amide bonds. The van der Waals surface area contributed by atoms with Crippen molar-refractivity contribution in [3.8, 4) is 11.5 Å². The van der Waals surface area contributed by atoms with E-state index in [1.807, 2.05) is 0 Å². The van der Waals surface area contributed by atoms with Gasteiger partial charge in [-0.05, 0) is 137 Å². The van der Waals surface area contributed by atoms with E-state index in [2.05, 4.69) is 84.3 Å². The van der Waals surface area contributed by atoms with Crippen molar-refractivity contribution >= 4 is 11.9 Å². The third-order valence-corrected chi connectivity index (χ3v) is 11.4. The SMILES string of the molecule is C[C@@H]([C@H](O)c1ccc(O)cc1)N1CCC(Cc2ccccc2)CC1.C[C@@H]([C@H](O)c1ccc(O)cc1)N1CCC(Cc2ccccc2)CC1.O=C(O)C(O)C(O)C(=O)O. The number of nitrogens with zero attached hydrogens (tertiary/aromatic N) is 2. The average molecular weight is 801 g/mol. The quantitative estimate of drug-likeness (QED) is 0.0856. The molecule has 0 saturated carbocycles. The summed E-state index contributed by atoms with van der Waals surface area (Å²) in [6.45, 7) is 8.33. The number of hydrogen-bond donors (Lipinski definition) is 8. The number of phenols is 2. The predicted molar refractivity (Wildman–Crippen MR) is 221 cm³/mol. The second-order valence-corrected chi connectivity index (χ2v) is 15.5. The van der Waals surface area contributed by atoms with Crippen LogP contribution in [0.5, 0.6) is 11.5 Å². The lowest BCUT2D eigenvalue weighted by Gasteiger charge is -2.38. The van der Waals surface area contributed by atoms with Crippen LogP contribution in [0.1, 0.15) is 74.0 Å². The lowest BCUT2D eigenvalue weighted by Crippen LogP contribution is -2.43. The van der Waals surface area contributed by atoms with Crippen LogP contribution in [0.3, 0.4) is 0 Å². The third kappa shape index (κ3) is 14.2. The standard InChI is InChI=1S/2C21H27NO2.C4H6O6/c2*1-16(21(24)19-7-9-20(23)10-8-19)22-13-11-18(12-14-22)15-17-5-3-2-4-6-17;5-1(3(7)8)2(6)4(9)10/h2*2-10,16,18,21,23-24H,11-15H2,1H3;1-2,5-6H,(H,7,8)(H,9,10)/t2*16-,21-;/m00./s1. The largest absolute Gasteiger partial charge is 0.508 e. The van der Waals surface area contributed by atoms with Crippen molar-refractivity contribution in [1.82, 2.24) is 9.80 Å². The summed E-state index contributed by atoms with van der Waals surface area (Å²) >= 11 is 0. The number of aliphatic hydroxyl groups excluding tert-OH is 4. The van der Waals surface area contributed by atoms with E-state index >= 15 is 0 Å². The Morgan fingerprint density at radius 2 is 0.810 bits per heavy atom. The molecule has 0 aromatic heterocycles. The Labute approximate surface area is 341 Å². The molecule has 2 aliphatic heterocycles. The van der Waals surface area contributed by atoms with E-state index in [1.54, 1.807) is 48.5 Å². The number of carbonyl (C=O) groups is 2. The van der Waals surface area contributed by atoms with Gasteiger partial charge in [-0.15, -0.1) is 0 Å². The van der Waals surface area contributed by atoms with Crippen molar-refractivity contribution in [3.63, 3.8) is 0 Å². The number of benzene rings is 4. The molecule has 4 aromatic rings. The molecular formula is C46H60N2O10. The zero-order valence-electron chi connectivity index (χ0n) is 33.4. The Morgan fingerprint density at radius 3 is 1.09 bits per heavy atom. The van der Waals surface area contributed by atoms with Gasteiger partial charge in [-0.25, -0.2) is 9.59 Å². The third-order valence-electron chi connectivity index (χ3n) is 11.4. The van der Waals surface area contributed by atoms with Gasteiger partial charge in [-0.1, -0.05) is 84.9 Å². The molecule has 12 heteroatoms. The van der Waals surface area contributed by atoms with Gasteiger partial charge in [0.05, 0.1) is 12.2 Å². The van der Waals surface area contributed by atoms with Crippen molar-refractivity contribution in [2.75, 3.05) is 26.2 Å². The second kappa shape index (κ2) is 22.9. The number of hydrogen-bond acceptors (Lipinski definition) is 10. The fourth-order valence-corrected chi connectivity index (χ4v) is 7.59. The molecule has 2 aliphatic rings. The molecule has 0 spiro atoms. The van der Waals surface area contributed by atoms with Crippen molar-refractivity contribution in [1.29, 1.82) is 0 Å². The first kappa shape index (κ1) is 45.9. The molecule has 314 valence electrons. The van der Waals surface area contributed by atoms with E-state index in [0.29, 0.717) is 0 Å². The first-order valence-electron chi connectivity index (χ1n) is 20.0. The van der Waals surface area contributed by atoms with Crippen LogP contribution >= 0.6 is 0 Å². The number of aliphatic hydroxyl groups is 4. The molecule has 6 rings (SSSR count). The summed E-state index contributed by atoms with van der Waals surface area (Å²) in [5.41, 5.74) is 4.58. The summed E-state index contributed by atoms with van der Waals surface area (Å²) in [6.07, 6.45) is 1.47. The molecular weight excluding hydrogens is 741 g/mol. The molecule has 6 atom stereocenters. The number of likely N-dealkylation sites (tertiary alicyclic amines) is 2. The van der Waals surface area contributed by atoms with Crippen LogP contribution in [-0.4, -0.2) is 113 Å². The monoisotopic (exact) mass is 800 g/mol. The number of rotatable bonds is 13. The summed E-state index contributed by atoms with van der Waals surface area (Å²) in [4.78, 5) is 24.3. The van der Waals surface area contributed by atoms with Crippen molar-refractivity contribution in [2.24, 2.45) is 11.8 Å². The fourth-order valence-electron chi connectivity index (χ4n) is 7.59. The predicted octanol–water partition coefficient (Wildman–Crippen LogP) is 5.42. The molecule has 2 heterocycles. The number of aromatic hydroxyl groups is 2. The summed E-state index contributed by atoms with van der Waals surface area (Å²) in [5.74, 6) is -1.59. The van der Waals surface area contributed by atoms with Gasteiger partial charge in [-0.3, -0.25) is 9.80 Å². The van der Waals surface area contributed by atoms with Gasteiger partial charge < -0.3 is 40.9 Å². The summed E-state index contributed by atoms with van der Waals surface area (Å²) < 4.78 is 0. The maximum atomic E-state index is 10.6. The van der Waals surface area contributed by atoms with Crippen LogP contribution in [0.2, 0.25) is 0 Å². The first-order valence-corrected chi connectivity index (χ1v) is 20.0. The van der Waals surface area contributed by atoms with E-state index in [-0.39, 0.29) is 23.6 Å². The summed E-state index contributed by atoms with van der Waals surface area (Å²) in [6, 6.07) is 35.4. The topological polar surface area (TPSA) is 202 Å². The second-order valence-electron chi connectivity index (χ2n) is 15.5. The van der Waals surface area contributed by atoms with Gasteiger partial charge in [0.15, 0.2) is 12.2 Å².